The highest BCUT2D eigenvalue weighted by Gasteiger charge is 2.42. The zero-order chi connectivity index (χ0) is 19.3. The fourth-order valence-electron chi connectivity index (χ4n) is 4.46. The first kappa shape index (κ1) is 19.9. The van der Waals surface area contributed by atoms with Crippen molar-refractivity contribution in [1.29, 1.82) is 0 Å². The molecule has 2 aliphatic heterocycles. The zero-order valence-corrected chi connectivity index (χ0v) is 16.7. The third-order valence-electron chi connectivity index (χ3n) is 6.04. The fraction of sp³-hybridized carbons (Fsp3) is 0.750. The molecule has 1 spiro atoms. The van der Waals surface area contributed by atoms with Crippen LogP contribution in [-0.2, 0) is 20.9 Å². The van der Waals surface area contributed by atoms with E-state index in [1.165, 1.54) is 0 Å². The summed E-state index contributed by atoms with van der Waals surface area (Å²) in [5.41, 5.74) is 0.0660. The summed E-state index contributed by atoms with van der Waals surface area (Å²) in [6.07, 6.45) is 8.77. The van der Waals surface area contributed by atoms with Crippen LogP contribution in [0.4, 0.5) is 0 Å². The Hall–Kier alpha value is -1.89. The normalized spacial score (nSPS) is 23.3. The number of amides is 2. The van der Waals surface area contributed by atoms with Gasteiger partial charge in [0.05, 0.1) is 6.61 Å². The highest BCUT2D eigenvalue weighted by molar-refractivity contribution is 5.78. The smallest absolute Gasteiger partial charge is 0.222 e. The summed E-state index contributed by atoms with van der Waals surface area (Å²) in [4.78, 5) is 33.2. The van der Waals surface area contributed by atoms with Crippen LogP contribution in [0.25, 0.3) is 0 Å². The van der Waals surface area contributed by atoms with E-state index in [1.807, 2.05) is 22.9 Å². The number of carbonyl (C=O) groups is 2. The first-order valence-corrected chi connectivity index (χ1v) is 10.1. The molecule has 1 atom stereocenters. The van der Waals surface area contributed by atoms with Gasteiger partial charge in [-0.15, -0.1) is 0 Å². The molecule has 7 heteroatoms. The highest BCUT2D eigenvalue weighted by atomic mass is 16.5. The second-order valence-electron chi connectivity index (χ2n) is 8.00. The number of ether oxygens (including phenoxy) is 1. The molecule has 0 saturated carbocycles. The van der Waals surface area contributed by atoms with Crippen molar-refractivity contribution in [3.63, 3.8) is 0 Å². The zero-order valence-electron chi connectivity index (χ0n) is 16.7. The van der Waals surface area contributed by atoms with Gasteiger partial charge in [-0.1, -0.05) is 0 Å². The minimum absolute atomic E-state index is 0.0660. The molecule has 150 valence electrons. The Morgan fingerprint density at radius 3 is 2.89 bits per heavy atom. The summed E-state index contributed by atoms with van der Waals surface area (Å²) in [6, 6.07) is 0. The van der Waals surface area contributed by atoms with Crippen LogP contribution >= 0.6 is 0 Å². The van der Waals surface area contributed by atoms with Gasteiger partial charge in [0.25, 0.3) is 0 Å². The number of nitrogens with zero attached hydrogens (tertiary/aromatic N) is 4. The second kappa shape index (κ2) is 8.87. The summed E-state index contributed by atoms with van der Waals surface area (Å²) in [7, 11) is 1.66. The Morgan fingerprint density at radius 2 is 2.15 bits per heavy atom. The molecular formula is C20H32N4O3. The van der Waals surface area contributed by atoms with Gasteiger partial charge in [-0.05, 0) is 32.6 Å². The van der Waals surface area contributed by atoms with Gasteiger partial charge in [0.15, 0.2) is 0 Å². The third-order valence-corrected chi connectivity index (χ3v) is 6.04. The summed E-state index contributed by atoms with van der Waals surface area (Å²) in [6.45, 7) is 6.41. The Bertz CT molecular complexity index is 659. The van der Waals surface area contributed by atoms with E-state index in [0.717, 1.165) is 57.7 Å². The van der Waals surface area contributed by atoms with Crippen LogP contribution in [0.1, 0.15) is 44.3 Å². The van der Waals surface area contributed by atoms with E-state index in [4.69, 9.17) is 4.74 Å². The average Bonchev–Trinajstić information content (AvgIpc) is 3.08. The van der Waals surface area contributed by atoms with Gasteiger partial charge in [0.1, 0.15) is 5.82 Å². The molecule has 0 bridgehead atoms. The molecule has 2 amide bonds. The van der Waals surface area contributed by atoms with E-state index in [9.17, 15) is 9.59 Å². The van der Waals surface area contributed by atoms with Crippen molar-refractivity contribution in [3.05, 3.63) is 18.2 Å². The van der Waals surface area contributed by atoms with Crippen LogP contribution < -0.4 is 0 Å². The predicted molar refractivity (Wildman–Crippen MR) is 102 cm³/mol. The van der Waals surface area contributed by atoms with Crippen molar-refractivity contribution in [2.24, 2.45) is 5.41 Å². The molecule has 3 rings (SSSR count). The van der Waals surface area contributed by atoms with E-state index in [1.54, 1.807) is 13.3 Å². The van der Waals surface area contributed by atoms with Gasteiger partial charge in [0.2, 0.25) is 11.8 Å². The number of hydrogen-bond acceptors (Lipinski definition) is 4. The lowest BCUT2D eigenvalue weighted by Crippen LogP contribution is -2.55. The van der Waals surface area contributed by atoms with E-state index in [2.05, 4.69) is 9.55 Å². The van der Waals surface area contributed by atoms with Crippen molar-refractivity contribution in [2.45, 2.75) is 52.0 Å². The summed E-state index contributed by atoms with van der Waals surface area (Å²) >= 11 is 0. The quantitative estimate of drug-likeness (QED) is 0.728. The molecule has 0 radical (unpaired) electrons. The van der Waals surface area contributed by atoms with Crippen LogP contribution in [0, 0.1) is 12.3 Å². The number of likely N-dealkylation sites (tertiary alicyclic amines) is 2. The highest BCUT2D eigenvalue weighted by Crippen LogP contribution is 2.39. The molecule has 7 nitrogen and oxygen atoms in total. The van der Waals surface area contributed by atoms with E-state index >= 15 is 0 Å². The Balaban J connectivity index is 1.52. The standard InChI is InChI=1S/C20H32N4O3/c1-17-21-9-12-22(17)10-3-5-18(25)23-11-4-7-20(15-23)8-6-19(26)24(16-20)13-14-27-2/h9,12H,3-8,10-11,13-16H2,1-2H3/t20-/m0/s1. The lowest BCUT2D eigenvalue weighted by Gasteiger charge is -2.48. The van der Waals surface area contributed by atoms with Crippen LogP contribution in [0.3, 0.4) is 0 Å². The molecule has 2 saturated heterocycles. The molecular weight excluding hydrogens is 344 g/mol. The Kier molecular flexibility index (Phi) is 6.52. The number of hydrogen-bond donors (Lipinski definition) is 0. The first-order valence-electron chi connectivity index (χ1n) is 10.1. The maximum absolute atomic E-state index is 12.8. The number of piperidine rings is 2. The maximum atomic E-state index is 12.8. The van der Waals surface area contributed by atoms with Crippen LogP contribution in [0.15, 0.2) is 12.4 Å². The van der Waals surface area contributed by atoms with E-state index in [0.29, 0.717) is 26.0 Å². The SMILES string of the molecule is COCCN1C[C@@]2(CCCN(C(=O)CCCn3ccnc3C)C2)CCC1=O. The van der Waals surface area contributed by atoms with Gasteiger partial charge in [-0.3, -0.25) is 9.59 Å². The van der Waals surface area contributed by atoms with Crippen molar-refractivity contribution < 1.29 is 14.3 Å². The molecule has 0 aromatic carbocycles. The third kappa shape index (κ3) is 4.89. The van der Waals surface area contributed by atoms with Crippen LogP contribution in [-0.4, -0.2) is 71.1 Å². The Morgan fingerprint density at radius 1 is 1.30 bits per heavy atom. The largest absolute Gasteiger partial charge is 0.383 e. The lowest BCUT2D eigenvalue weighted by molar-refractivity contribution is -0.143. The molecule has 3 heterocycles. The Labute approximate surface area is 161 Å². The minimum atomic E-state index is 0.0660. The minimum Gasteiger partial charge on any atom is -0.383 e. The van der Waals surface area contributed by atoms with Crippen LogP contribution in [0.2, 0.25) is 0 Å². The predicted octanol–water partition coefficient (Wildman–Crippen LogP) is 1.85. The number of rotatable bonds is 7. The average molecular weight is 377 g/mol. The van der Waals surface area contributed by atoms with E-state index in [-0.39, 0.29) is 17.2 Å². The summed E-state index contributed by atoms with van der Waals surface area (Å²) in [5.74, 6) is 1.45. The van der Waals surface area contributed by atoms with Gasteiger partial charge >= 0.3 is 0 Å². The fourth-order valence-corrected chi connectivity index (χ4v) is 4.46. The van der Waals surface area contributed by atoms with Crippen molar-refractivity contribution in [1.82, 2.24) is 19.4 Å². The lowest BCUT2D eigenvalue weighted by atomic mass is 9.73. The van der Waals surface area contributed by atoms with Gasteiger partial charge < -0.3 is 19.1 Å². The van der Waals surface area contributed by atoms with Gasteiger partial charge in [-0.25, -0.2) is 4.98 Å². The van der Waals surface area contributed by atoms with Gasteiger partial charge in [0, 0.05) is 70.5 Å². The molecule has 1 aromatic heterocycles. The number of aryl methyl sites for hydroxylation is 2. The summed E-state index contributed by atoms with van der Waals surface area (Å²) < 4.78 is 7.24. The molecule has 2 aliphatic rings. The molecule has 27 heavy (non-hydrogen) atoms. The number of aromatic nitrogens is 2. The van der Waals surface area contributed by atoms with Gasteiger partial charge in [-0.2, -0.15) is 0 Å². The number of carbonyl (C=O) groups excluding carboxylic acids is 2. The molecule has 0 aliphatic carbocycles. The number of imidazole rings is 1. The number of methoxy groups -OCH3 is 1. The topological polar surface area (TPSA) is 67.7 Å². The molecule has 1 aromatic rings. The maximum Gasteiger partial charge on any atom is 0.222 e. The molecule has 2 fully saturated rings. The second-order valence-corrected chi connectivity index (χ2v) is 8.00. The van der Waals surface area contributed by atoms with Crippen molar-refractivity contribution in [3.8, 4) is 0 Å². The molecule has 0 N–H and O–H groups in total. The molecule has 0 unspecified atom stereocenters. The van der Waals surface area contributed by atoms with Crippen molar-refractivity contribution in [2.75, 3.05) is 39.9 Å². The monoisotopic (exact) mass is 376 g/mol. The van der Waals surface area contributed by atoms with E-state index < -0.39 is 0 Å². The van der Waals surface area contributed by atoms with Crippen molar-refractivity contribution >= 4 is 11.8 Å². The first-order chi connectivity index (χ1) is 13.0. The summed E-state index contributed by atoms with van der Waals surface area (Å²) in [5, 5.41) is 0. The van der Waals surface area contributed by atoms with Crippen LogP contribution in [0.5, 0.6) is 0 Å².